The van der Waals surface area contributed by atoms with E-state index in [1.54, 1.807) is 0 Å². The molecule has 8 aromatic carbocycles. The minimum Gasteiger partial charge on any atom is -0.256 e. The van der Waals surface area contributed by atoms with Crippen molar-refractivity contribution < 1.29 is 0 Å². The van der Waals surface area contributed by atoms with Gasteiger partial charge in [0, 0.05) is 33.9 Å². The molecule has 2 nitrogen and oxygen atoms in total. The van der Waals surface area contributed by atoms with Gasteiger partial charge in [0.15, 0.2) is 0 Å². The lowest BCUT2D eigenvalue weighted by molar-refractivity contribution is 1.06. The molecular weight excluding hydrogens is 701 g/mol. The van der Waals surface area contributed by atoms with Crippen LogP contribution in [0.15, 0.2) is 170 Å². The second kappa shape index (κ2) is 12.7. The van der Waals surface area contributed by atoms with Crippen LogP contribution in [-0.2, 0) is 0 Å². The maximum absolute atomic E-state index is 5.14. The van der Waals surface area contributed by atoms with Gasteiger partial charge in [-0.15, -0.1) is 0 Å². The van der Waals surface area contributed by atoms with Crippen LogP contribution in [0.25, 0.3) is 115 Å². The molecule has 272 valence electrons. The molecule has 0 saturated heterocycles. The molecule has 0 radical (unpaired) electrons. The Morgan fingerprint density at radius 3 is 1.72 bits per heavy atom. The topological polar surface area (TPSA) is 25.8 Å². The first-order valence-electron chi connectivity index (χ1n) is 20.4. The van der Waals surface area contributed by atoms with Crippen LogP contribution in [-0.4, -0.2) is 9.97 Å². The minimum absolute atomic E-state index is 0.999. The summed E-state index contributed by atoms with van der Waals surface area (Å²) in [5.41, 5.74) is 20.0. The summed E-state index contributed by atoms with van der Waals surface area (Å²) in [6, 6.07) is 51.7. The molecule has 0 spiro atoms. The van der Waals surface area contributed by atoms with Gasteiger partial charge in [0.1, 0.15) is 0 Å². The van der Waals surface area contributed by atoms with Crippen molar-refractivity contribution in [1.29, 1.82) is 0 Å². The number of rotatable bonds is 4. The van der Waals surface area contributed by atoms with E-state index in [9.17, 15) is 0 Å². The van der Waals surface area contributed by atoms with Crippen molar-refractivity contribution >= 4 is 59.7 Å². The molecule has 2 aromatic heterocycles. The van der Waals surface area contributed by atoms with Crippen molar-refractivity contribution in [2.75, 3.05) is 0 Å². The van der Waals surface area contributed by atoms with Gasteiger partial charge in [-0.3, -0.25) is 9.97 Å². The van der Waals surface area contributed by atoms with Gasteiger partial charge in [0.05, 0.1) is 11.0 Å². The quantitative estimate of drug-likeness (QED) is 0.168. The van der Waals surface area contributed by atoms with Crippen molar-refractivity contribution in [2.24, 2.45) is 0 Å². The van der Waals surface area contributed by atoms with Crippen LogP contribution in [0.2, 0.25) is 0 Å². The van der Waals surface area contributed by atoms with Crippen LogP contribution in [0, 0.1) is 13.8 Å². The van der Waals surface area contributed by atoms with Crippen LogP contribution < -0.4 is 0 Å². The number of benzene rings is 8. The van der Waals surface area contributed by atoms with Gasteiger partial charge >= 0.3 is 0 Å². The van der Waals surface area contributed by atoms with Crippen LogP contribution in [0.5, 0.6) is 0 Å². The highest BCUT2D eigenvalue weighted by molar-refractivity contribution is 6.29. The molecule has 2 heterocycles. The molecule has 12 rings (SSSR count). The predicted molar refractivity (Wildman–Crippen MR) is 246 cm³/mol. The Morgan fingerprint density at radius 2 is 1.00 bits per heavy atom. The molecule has 10 aromatic rings. The fraction of sp³-hybridized carbons (Fsp3) is 0.0714. The number of nitrogens with zero attached hydrogens (tertiary/aromatic N) is 2. The highest BCUT2D eigenvalue weighted by atomic mass is 14.7. The molecule has 0 saturated carbocycles. The SMILES string of the molecule is Cc1cccc(C)c1-c1cc2c(cc(-c3ccc4c5c(cccc35)-c3c-4c(C4=CC=CCC4)c4ccccc4c3-c3ccccc3)c3cccnc32)c2ncccc12. The number of hydrogen-bond donors (Lipinski definition) is 0. The van der Waals surface area contributed by atoms with Gasteiger partial charge in [-0.1, -0.05) is 133 Å². The zero-order valence-corrected chi connectivity index (χ0v) is 32.5. The van der Waals surface area contributed by atoms with Gasteiger partial charge < -0.3 is 0 Å². The maximum atomic E-state index is 5.14. The first kappa shape index (κ1) is 33.0. The van der Waals surface area contributed by atoms with Gasteiger partial charge in [-0.05, 0) is 150 Å². The van der Waals surface area contributed by atoms with E-state index >= 15 is 0 Å². The summed E-state index contributed by atoms with van der Waals surface area (Å²) in [5, 5.41) is 9.74. The summed E-state index contributed by atoms with van der Waals surface area (Å²) < 4.78 is 0. The van der Waals surface area contributed by atoms with Crippen molar-refractivity contribution in [3.8, 4) is 55.6 Å². The van der Waals surface area contributed by atoms with Crippen LogP contribution in [0.1, 0.15) is 29.5 Å². The Kier molecular flexibility index (Phi) is 7.22. The number of hydrogen-bond acceptors (Lipinski definition) is 2. The molecule has 0 fully saturated rings. The molecule has 0 unspecified atom stereocenters. The largest absolute Gasteiger partial charge is 0.256 e. The van der Waals surface area contributed by atoms with Gasteiger partial charge in [-0.25, -0.2) is 0 Å². The molecule has 2 heteroatoms. The third kappa shape index (κ3) is 4.66. The number of aryl methyl sites for hydroxylation is 2. The Hall–Kier alpha value is -7.16. The summed E-state index contributed by atoms with van der Waals surface area (Å²) in [6.07, 6.45) is 12.8. The normalized spacial score (nSPS) is 13.2. The number of aromatic nitrogens is 2. The fourth-order valence-corrected chi connectivity index (χ4v) is 10.4. The average molecular weight is 739 g/mol. The molecule has 0 amide bonds. The Morgan fingerprint density at radius 1 is 0.414 bits per heavy atom. The van der Waals surface area contributed by atoms with Crippen LogP contribution in [0.3, 0.4) is 0 Å². The van der Waals surface area contributed by atoms with E-state index in [1.165, 1.54) is 99.4 Å². The predicted octanol–water partition coefficient (Wildman–Crippen LogP) is 15.2. The van der Waals surface area contributed by atoms with E-state index in [4.69, 9.17) is 9.97 Å². The van der Waals surface area contributed by atoms with Gasteiger partial charge in [0.25, 0.3) is 0 Å². The first-order valence-corrected chi connectivity index (χ1v) is 20.4. The Labute approximate surface area is 337 Å². The van der Waals surface area contributed by atoms with E-state index in [0.717, 1.165) is 45.4 Å². The lowest BCUT2D eigenvalue weighted by Crippen LogP contribution is -1.97. The smallest absolute Gasteiger partial charge is 0.0787 e. The zero-order valence-electron chi connectivity index (χ0n) is 32.5. The molecular formula is C56H38N2. The summed E-state index contributed by atoms with van der Waals surface area (Å²) >= 11 is 0. The van der Waals surface area contributed by atoms with E-state index in [1.807, 2.05) is 12.4 Å². The van der Waals surface area contributed by atoms with Crippen molar-refractivity contribution in [2.45, 2.75) is 26.7 Å². The van der Waals surface area contributed by atoms with E-state index in [-0.39, 0.29) is 0 Å². The number of fused-ring (bicyclic) bond motifs is 9. The molecule has 0 atom stereocenters. The highest BCUT2D eigenvalue weighted by Crippen LogP contribution is 2.58. The van der Waals surface area contributed by atoms with Gasteiger partial charge in [-0.2, -0.15) is 0 Å². The molecule has 2 aliphatic rings. The molecule has 0 aliphatic heterocycles. The summed E-state index contributed by atoms with van der Waals surface area (Å²) in [6.45, 7) is 4.42. The van der Waals surface area contributed by atoms with Crippen molar-refractivity contribution in [1.82, 2.24) is 9.97 Å². The van der Waals surface area contributed by atoms with Crippen molar-refractivity contribution in [3.63, 3.8) is 0 Å². The number of pyridine rings is 2. The van der Waals surface area contributed by atoms with Crippen LogP contribution in [0.4, 0.5) is 0 Å². The summed E-state index contributed by atoms with van der Waals surface area (Å²) in [4.78, 5) is 10.2. The second-order valence-electron chi connectivity index (χ2n) is 16.0. The Balaban J connectivity index is 1.19. The maximum Gasteiger partial charge on any atom is 0.0787 e. The minimum atomic E-state index is 0.999. The first-order chi connectivity index (χ1) is 28.7. The van der Waals surface area contributed by atoms with Gasteiger partial charge in [0.2, 0.25) is 0 Å². The van der Waals surface area contributed by atoms with Crippen molar-refractivity contribution in [3.05, 3.63) is 187 Å². The van der Waals surface area contributed by atoms with E-state index in [0.29, 0.717) is 0 Å². The molecule has 2 aliphatic carbocycles. The summed E-state index contributed by atoms with van der Waals surface area (Å²) in [7, 11) is 0. The zero-order chi connectivity index (χ0) is 38.5. The second-order valence-corrected chi connectivity index (χ2v) is 16.0. The standard InChI is InChI=1S/C56H38N2/c1-33-15-11-16-34(2)49(33)46-32-48-47(56-42(46)26-14-30-58-56)31-45(41-25-13-29-57-55(41)48)37-27-28-44-52-38(37)23-12-24-43(52)53-50(35-17-5-3-6-18-35)39-21-9-10-22-40(39)51(54(44)53)36-19-7-4-8-20-36/h3-7,9-19,21-32H,8,20H2,1-2H3. The number of allylic oxidation sites excluding steroid dienone is 4. The lowest BCUT2D eigenvalue weighted by atomic mass is 9.81. The highest BCUT2D eigenvalue weighted by Gasteiger charge is 2.32. The summed E-state index contributed by atoms with van der Waals surface area (Å²) in [5.74, 6) is 0. The fourth-order valence-electron chi connectivity index (χ4n) is 10.4. The lowest BCUT2D eigenvalue weighted by Gasteiger charge is -2.22. The van der Waals surface area contributed by atoms with E-state index < -0.39 is 0 Å². The molecule has 0 bridgehead atoms. The van der Waals surface area contributed by atoms with Crippen LogP contribution >= 0.6 is 0 Å². The monoisotopic (exact) mass is 738 g/mol. The molecule has 0 N–H and O–H groups in total. The third-order valence-electron chi connectivity index (χ3n) is 12.8. The van der Waals surface area contributed by atoms with E-state index in [2.05, 4.69) is 172 Å². The third-order valence-corrected chi connectivity index (χ3v) is 12.8. The Bertz CT molecular complexity index is 3440. The molecule has 58 heavy (non-hydrogen) atoms. The average Bonchev–Trinajstić information content (AvgIpc) is 3.60.